The summed E-state index contributed by atoms with van der Waals surface area (Å²) in [6, 6.07) is 0. The van der Waals surface area contributed by atoms with Gasteiger partial charge in [0.1, 0.15) is 5.02 Å². The van der Waals surface area contributed by atoms with Gasteiger partial charge in [-0.2, -0.15) is 0 Å². The minimum Gasteiger partial charge on any atom is -0.355 e. The van der Waals surface area contributed by atoms with Crippen LogP contribution in [0.5, 0.6) is 0 Å². The van der Waals surface area contributed by atoms with E-state index in [4.69, 9.17) is 11.6 Å². The van der Waals surface area contributed by atoms with Gasteiger partial charge in [-0.15, -0.1) is 0 Å². The number of piperidine rings is 1. The van der Waals surface area contributed by atoms with Crippen LogP contribution >= 0.6 is 11.6 Å². The second-order valence-electron chi connectivity index (χ2n) is 5.00. The molecule has 0 bridgehead atoms. The zero-order valence-electron chi connectivity index (χ0n) is 11.3. The SMILES string of the molecule is CCCNCC1CCN(c2nc[nH]c(=O)c2Cl)CC1. The summed E-state index contributed by atoms with van der Waals surface area (Å²) in [5, 5.41) is 3.66. The number of hydrogen-bond donors (Lipinski definition) is 2. The van der Waals surface area contributed by atoms with Gasteiger partial charge in [-0.3, -0.25) is 4.79 Å². The molecule has 1 saturated heterocycles. The molecule has 1 aromatic heterocycles. The highest BCUT2D eigenvalue weighted by Gasteiger charge is 2.22. The normalized spacial score (nSPS) is 16.8. The van der Waals surface area contributed by atoms with Crippen molar-refractivity contribution >= 4 is 17.4 Å². The zero-order valence-corrected chi connectivity index (χ0v) is 12.0. The Morgan fingerprint density at radius 3 is 2.95 bits per heavy atom. The zero-order chi connectivity index (χ0) is 13.7. The maximum atomic E-state index is 11.5. The predicted octanol–water partition coefficient (Wildman–Crippen LogP) is 1.64. The molecule has 106 valence electrons. The number of aromatic nitrogens is 2. The van der Waals surface area contributed by atoms with Gasteiger partial charge in [0.15, 0.2) is 5.82 Å². The second-order valence-corrected chi connectivity index (χ2v) is 5.38. The van der Waals surface area contributed by atoms with Crippen molar-refractivity contribution in [3.05, 3.63) is 21.7 Å². The first-order valence-corrected chi connectivity index (χ1v) is 7.29. The van der Waals surface area contributed by atoms with Crippen LogP contribution < -0.4 is 15.8 Å². The third kappa shape index (κ3) is 3.70. The van der Waals surface area contributed by atoms with E-state index in [1.807, 2.05) is 0 Å². The van der Waals surface area contributed by atoms with E-state index in [0.29, 0.717) is 11.7 Å². The molecule has 0 aromatic carbocycles. The van der Waals surface area contributed by atoms with E-state index in [0.717, 1.165) is 39.0 Å². The standard InChI is InChI=1S/C13H21ClN4O/c1-2-5-15-8-10-3-6-18(7-4-10)12-11(14)13(19)17-9-16-12/h9-10,15H,2-8H2,1H3,(H,16,17,19). The average molecular weight is 285 g/mol. The van der Waals surface area contributed by atoms with Crippen LogP contribution in [0.25, 0.3) is 0 Å². The Bertz CT molecular complexity index is 454. The molecule has 2 heterocycles. The van der Waals surface area contributed by atoms with Crippen LogP contribution in [0.15, 0.2) is 11.1 Å². The minimum absolute atomic E-state index is 0.199. The van der Waals surface area contributed by atoms with Crippen LogP contribution in [0.2, 0.25) is 5.02 Å². The molecule has 5 nitrogen and oxygen atoms in total. The quantitative estimate of drug-likeness (QED) is 0.807. The number of nitrogens with zero attached hydrogens (tertiary/aromatic N) is 2. The fourth-order valence-corrected chi connectivity index (χ4v) is 2.65. The first-order valence-electron chi connectivity index (χ1n) is 6.91. The Labute approximate surface area is 118 Å². The molecular weight excluding hydrogens is 264 g/mol. The second kappa shape index (κ2) is 6.91. The summed E-state index contributed by atoms with van der Waals surface area (Å²) in [5.74, 6) is 1.33. The van der Waals surface area contributed by atoms with E-state index >= 15 is 0 Å². The lowest BCUT2D eigenvalue weighted by molar-refractivity contribution is 0.382. The number of aromatic amines is 1. The summed E-state index contributed by atoms with van der Waals surface area (Å²) in [4.78, 5) is 20.2. The molecule has 0 spiro atoms. The Hall–Kier alpha value is -1.07. The number of nitrogens with one attached hydrogen (secondary N) is 2. The Balaban J connectivity index is 1.89. The number of rotatable bonds is 5. The first-order chi connectivity index (χ1) is 9.22. The predicted molar refractivity (Wildman–Crippen MR) is 78.0 cm³/mol. The lowest BCUT2D eigenvalue weighted by atomic mass is 9.97. The van der Waals surface area contributed by atoms with Crippen LogP contribution in [-0.4, -0.2) is 36.1 Å². The summed E-state index contributed by atoms with van der Waals surface area (Å²) in [7, 11) is 0. The lowest BCUT2D eigenvalue weighted by Gasteiger charge is -2.33. The van der Waals surface area contributed by atoms with Gasteiger partial charge in [-0.1, -0.05) is 18.5 Å². The fraction of sp³-hybridized carbons (Fsp3) is 0.692. The van der Waals surface area contributed by atoms with Crippen molar-refractivity contribution in [3.63, 3.8) is 0 Å². The molecule has 0 aliphatic carbocycles. The van der Waals surface area contributed by atoms with Crippen molar-refractivity contribution in [1.82, 2.24) is 15.3 Å². The van der Waals surface area contributed by atoms with Gasteiger partial charge in [-0.05, 0) is 38.3 Å². The van der Waals surface area contributed by atoms with E-state index in [1.165, 1.54) is 12.7 Å². The van der Waals surface area contributed by atoms with Crippen LogP contribution in [0.3, 0.4) is 0 Å². The molecule has 1 aromatic rings. The van der Waals surface area contributed by atoms with E-state index < -0.39 is 0 Å². The summed E-state index contributed by atoms with van der Waals surface area (Å²) < 4.78 is 0. The molecule has 0 amide bonds. The molecule has 1 aliphatic rings. The fourth-order valence-electron chi connectivity index (χ4n) is 2.43. The Morgan fingerprint density at radius 1 is 1.53 bits per heavy atom. The molecule has 2 N–H and O–H groups in total. The van der Waals surface area contributed by atoms with Crippen LogP contribution in [0.4, 0.5) is 5.82 Å². The molecule has 0 saturated carbocycles. The van der Waals surface area contributed by atoms with Gasteiger partial charge >= 0.3 is 0 Å². The van der Waals surface area contributed by atoms with Crippen molar-refractivity contribution in [2.24, 2.45) is 5.92 Å². The highest BCUT2D eigenvalue weighted by Crippen LogP contribution is 2.24. The third-order valence-corrected chi connectivity index (χ3v) is 3.89. The summed E-state index contributed by atoms with van der Waals surface area (Å²) in [6.45, 7) is 6.17. The largest absolute Gasteiger partial charge is 0.355 e. The maximum absolute atomic E-state index is 11.5. The number of H-pyrrole nitrogens is 1. The van der Waals surface area contributed by atoms with Crippen LogP contribution in [-0.2, 0) is 0 Å². The Morgan fingerprint density at radius 2 is 2.26 bits per heavy atom. The van der Waals surface area contributed by atoms with E-state index in [-0.39, 0.29) is 10.6 Å². The molecule has 19 heavy (non-hydrogen) atoms. The molecule has 1 fully saturated rings. The number of hydrogen-bond acceptors (Lipinski definition) is 4. The van der Waals surface area contributed by atoms with Crippen molar-refractivity contribution in [3.8, 4) is 0 Å². The monoisotopic (exact) mass is 284 g/mol. The van der Waals surface area contributed by atoms with Gasteiger partial charge in [0.2, 0.25) is 0 Å². The maximum Gasteiger partial charge on any atom is 0.271 e. The van der Waals surface area contributed by atoms with Crippen molar-refractivity contribution in [1.29, 1.82) is 0 Å². The molecule has 0 unspecified atom stereocenters. The minimum atomic E-state index is -0.265. The average Bonchev–Trinajstić information content (AvgIpc) is 2.43. The van der Waals surface area contributed by atoms with E-state index in [2.05, 4.69) is 27.1 Å². The summed E-state index contributed by atoms with van der Waals surface area (Å²) >= 11 is 6.01. The van der Waals surface area contributed by atoms with Gasteiger partial charge in [0.25, 0.3) is 5.56 Å². The Kier molecular flexibility index (Phi) is 5.22. The summed E-state index contributed by atoms with van der Waals surface area (Å²) in [6.07, 6.45) is 4.81. The van der Waals surface area contributed by atoms with E-state index in [1.54, 1.807) is 0 Å². The first kappa shape index (κ1) is 14.3. The molecule has 0 atom stereocenters. The molecule has 6 heteroatoms. The van der Waals surface area contributed by atoms with E-state index in [9.17, 15) is 4.79 Å². The van der Waals surface area contributed by atoms with Gasteiger partial charge < -0.3 is 15.2 Å². The van der Waals surface area contributed by atoms with Crippen molar-refractivity contribution < 1.29 is 0 Å². The van der Waals surface area contributed by atoms with Gasteiger partial charge in [0.05, 0.1) is 6.33 Å². The highest BCUT2D eigenvalue weighted by molar-refractivity contribution is 6.32. The van der Waals surface area contributed by atoms with Crippen molar-refractivity contribution in [2.75, 3.05) is 31.1 Å². The third-order valence-electron chi connectivity index (χ3n) is 3.55. The molecule has 2 rings (SSSR count). The smallest absolute Gasteiger partial charge is 0.271 e. The van der Waals surface area contributed by atoms with Gasteiger partial charge in [-0.25, -0.2) is 4.98 Å². The molecular formula is C13H21ClN4O. The molecule has 1 aliphatic heterocycles. The highest BCUT2D eigenvalue weighted by atomic mass is 35.5. The van der Waals surface area contributed by atoms with Crippen molar-refractivity contribution in [2.45, 2.75) is 26.2 Å². The van der Waals surface area contributed by atoms with Crippen LogP contribution in [0, 0.1) is 5.92 Å². The number of anilines is 1. The summed E-state index contributed by atoms with van der Waals surface area (Å²) in [5.41, 5.74) is -0.265. The molecule has 0 radical (unpaired) electrons. The number of halogens is 1. The van der Waals surface area contributed by atoms with Gasteiger partial charge in [0, 0.05) is 13.1 Å². The lowest BCUT2D eigenvalue weighted by Crippen LogP contribution is -2.38. The van der Waals surface area contributed by atoms with Crippen LogP contribution in [0.1, 0.15) is 26.2 Å². The topological polar surface area (TPSA) is 61.0 Å².